The Labute approximate surface area is 149 Å². The van der Waals surface area contributed by atoms with Gasteiger partial charge in [-0.15, -0.1) is 11.3 Å². The van der Waals surface area contributed by atoms with Gasteiger partial charge in [0.15, 0.2) is 5.75 Å². The molecule has 1 aromatic heterocycles. The Morgan fingerprint density at radius 3 is 2.40 bits per heavy atom. The van der Waals surface area contributed by atoms with E-state index in [1.54, 1.807) is 18.2 Å². The number of rotatable bonds is 5. The van der Waals surface area contributed by atoms with E-state index in [1.165, 1.54) is 18.3 Å². The van der Waals surface area contributed by atoms with Crippen molar-refractivity contribution in [3.05, 3.63) is 66.2 Å². The third-order valence-corrected chi connectivity index (χ3v) is 4.71. The standard InChI is InChI=1S/C19H16N2O3S/c1-12(22)21-24-16-10-6-5-9-14(16)18-15(19(20)23)11-17(25-18)13-7-3-2-4-8-13/h2-11H,1H3,(H2,20,23)(H,21,22). The Hall–Kier alpha value is -3.12. The number of carbonyl (C=O) groups excluding carboxylic acids is 2. The van der Waals surface area contributed by atoms with Gasteiger partial charge < -0.3 is 10.6 Å². The van der Waals surface area contributed by atoms with Crippen LogP contribution in [0.2, 0.25) is 0 Å². The van der Waals surface area contributed by atoms with Crippen molar-refractivity contribution in [3.63, 3.8) is 0 Å². The van der Waals surface area contributed by atoms with Crippen molar-refractivity contribution in [3.8, 4) is 26.6 Å². The summed E-state index contributed by atoms with van der Waals surface area (Å²) in [6.45, 7) is 1.36. The van der Waals surface area contributed by atoms with E-state index in [2.05, 4.69) is 5.48 Å². The van der Waals surface area contributed by atoms with E-state index in [0.29, 0.717) is 21.8 Å². The average molecular weight is 352 g/mol. The Morgan fingerprint density at radius 2 is 1.72 bits per heavy atom. The summed E-state index contributed by atoms with van der Waals surface area (Å²) < 4.78 is 0. The number of benzene rings is 2. The maximum Gasteiger partial charge on any atom is 0.250 e. The summed E-state index contributed by atoms with van der Waals surface area (Å²) in [7, 11) is 0. The van der Waals surface area contributed by atoms with Crippen molar-refractivity contribution in [1.29, 1.82) is 0 Å². The molecule has 5 nitrogen and oxygen atoms in total. The van der Waals surface area contributed by atoms with Gasteiger partial charge in [-0.3, -0.25) is 9.59 Å². The monoisotopic (exact) mass is 352 g/mol. The van der Waals surface area contributed by atoms with E-state index in [1.807, 2.05) is 42.5 Å². The maximum absolute atomic E-state index is 11.9. The van der Waals surface area contributed by atoms with Crippen LogP contribution in [-0.4, -0.2) is 11.8 Å². The molecule has 0 aliphatic carbocycles. The highest BCUT2D eigenvalue weighted by molar-refractivity contribution is 7.19. The Balaban J connectivity index is 2.09. The molecule has 2 amide bonds. The summed E-state index contributed by atoms with van der Waals surface area (Å²) in [5, 5.41) is 0. The van der Waals surface area contributed by atoms with Gasteiger partial charge in [0.2, 0.25) is 11.8 Å². The number of nitrogens with one attached hydrogen (secondary N) is 1. The minimum Gasteiger partial charge on any atom is -0.379 e. The summed E-state index contributed by atoms with van der Waals surface area (Å²) >= 11 is 1.45. The second-order valence-electron chi connectivity index (χ2n) is 5.34. The zero-order valence-corrected chi connectivity index (χ0v) is 14.3. The molecular formula is C19H16N2O3S. The molecule has 3 N–H and O–H groups in total. The van der Waals surface area contributed by atoms with Crippen molar-refractivity contribution in [2.24, 2.45) is 5.73 Å². The van der Waals surface area contributed by atoms with E-state index < -0.39 is 5.91 Å². The van der Waals surface area contributed by atoms with Crippen molar-refractivity contribution in [2.45, 2.75) is 6.92 Å². The molecule has 0 radical (unpaired) electrons. The molecule has 3 aromatic rings. The number of nitrogens with two attached hydrogens (primary N) is 1. The molecule has 0 fully saturated rings. The predicted octanol–water partition coefficient (Wildman–Crippen LogP) is 3.61. The molecule has 25 heavy (non-hydrogen) atoms. The summed E-state index contributed by atoms with van der Waals surface area (Å²) in [5.41, 5.74) is 9.99. The molecule has 2 aromatic carbocycles. The van der Waals surface area contributed by atoms with Crippen LogP contribution < -0.4 is 16.1 Å². The van der Waals surface area contributed by atoms with Gasteiger partial charge in [0, 0.05) is 17.4 Å². The fourth-order valence-corrected chi connectivity index (χ4v) is 3.59. The number of hydroxylamine groups is 1. The lowest BCUT2D eigenvalue weighted by Gasteiger charge is -2.10. The molecule has 0 saturated heterocycles. The molecule has 3 rings (SSSR count). The number of carbonyl (C=O) groups is 2. The van der Waals surface area contributed by atoms with E-state index in [0.717, 1.165) is 10.4 Å². The first kappa shape index (κ1) is 16.7. The normalized spacial score (nSPS) is 10.3. The molecule has 0 spiro atoms. The summed E-state index contributed by atoms with van der Waals surface area (Å²) in [6, 6.07) is 18.7. The van der Waals surface area contributed by atoms with Crippen LogP contribution in [0, 0.1) is 0 Å². The van der Waals surface area contributed by atoms with E-state index in [9.17, 15) is 9.59 Å². The van der Waals surface area contributed by atoms with Gasteiger partial charge in [0.05, 0.1) is 10.4 Å². The lowest BCUT2D eigenvalue weighted by atomic mass is 10.1. The second kappa shape index (κ2) is 7.19. The van der Waals surface area contributed by atoms with Gasteiger partial charge >= 0.3 is 0 Å². The molecule has 126 valence electrons. The van der Waals surface area contributed by atoms with Crippen molar-refractivity contribution >= 4 is 23.2 Å². The molecule has 1 heterocycles. The molecular weight excluding hydrogens is 336 g/mol. The molecule has 0 saturated carbocycles. The quantitative estimate of drug-likeness (QED) is 0.688. The Kier molecular flexibility index (Phi) is 4.81. The highest BCUT2D eigenvalue weighted by atomic mass is 32.1. The zero-order chi connectivity index (χ0) is 17.8. The van der Waals surface area contributed by atoms with Crippen molar-refractivity contribution in [1.82, 2.24) is 5.48 Å². The fraction of sp³-hybridized carbons (Fsp3) is 0.0526. The highest BCUT2D eigenvalue weighted by Crippen LogP contribution is 2.41. The van der Waals surface area contributed by atoms with Gasteiger partial charge in [0.25, 0.3) is 0 Å². The number of thiophene rings is 1. The van der Waals surface area contributed by atoms with Gasteiger partial charge in [-0.05, 0) is 23.8 Å². The summed E-state index contributed by atoms with van der Waals surface area (Å²) in [4.78, 5) is 30.0. The fourth-order valence-electron chi connectivity index (χ4n) is 2.39. The SMILES string of the molecule is CC(=O)NOc1ccccc1-c1sc(-c2ccccc2)cc1C(N)=O. The Morgan fingerprint density at radius 1 is 1.04 bits per heavy atom. The lowest BCUT2D eigenvalue weighted by Crippen LogP contribution is -2.24. The molecule has 0 aliphatic rings. The van der Waals surface area contributed by atoms with Crippen LogP contribution in [0.5, 0.6) is 5.75 Å². The third-order valence-electron chi connectivity index (χ3n) is 3.49. The van der Waals surface area contributed by atoms with Crippen LogP contribution >= 0.6 is 11.3 Å². The number of primary amides is 1. The summed E-state index contributed by atoms with van der Waals surface area (Å²) in [5.74, 6) is -0.384. The van der Waals surface area contributed by atoms with E-state index in [-0.39, 0.29) is 5.91 Å². The van der Waals surface area contributed by atoms with Gasteiger partial charge in [-0.25, -0.2) is 0 Å². The Bertz CT molecular complexity index is 919. The van der Waals surface area contributed by atoms with Gasteiger partial charge in [-0.2, -0.15) is 5.48 Å². The first-order chi connectivity index (χ1) is 12.1. The lowest BCUT2D eigenvalue weighted by molar-refractivity contribution is -0.125. The second-order valence-corrected chi connectivity index (χ2v) is 6.39. The van der Waals surface area contributed by atoms with Crippen molar-refractivity contribution < 1.29 is 14.4 Å². The number of hydrogen-bond acceptors (Lipinski definition) is 4. The van der Waals surface area contributed by atoms with Crippen LogP contribution in [0.3, 0.4) is 0 Å². The van der Waals surface area contributed by atoms with Crippen LogP contribution in [0.1, 0.15) is 17.3 Å². The third kappa shape index (κ3) is 3.70. The number of hydrogen-bond donors (Lipinski definition) is 2. The largest absolute Gasteiger partial charge is 0.379 e. The van der Waals surface area contributed by atoms with Crippen LogP contribution in [-0.2, 0) is 4.79 Å². The smallest absolute Gasteiger partial charge is 0.250 e. The predicted molar refractivity (Wildman–Crippen MR) is 98.2 cm³/mol. The molecule has 0 bridgehead atoms. The van der Waals surface area contributed by atoms with Crippen LogP contribution in [0.15, 0.2) is 60.7 Å². The first-order valence-corrected chi connectivity index (χ1v) is 8.40. The maximum atomic E-state index is 11.9. The minimum atomic E-state index is -0.511. The number of amides is 2. The topological polar surface area (TPSA) is 81.4 Å². The minimum absolute atomic E-state index is 0.318. The summed E-state index contributed by atoms with van der Waals surface area (Å²) in [6.07, 6.45) is 0. The molecule has 0 atom stereocenters. The van der Waals surface area contributed by atoms with E-state index >= 15 is 0 Å². The van der Waals surface area contributed by atoms with Gasteiger partial charge in [0.1, 0.15) is 0 Å². The highest BCUT2D eigenvalue weighted by Gasteiger charge is 2.19. The average Bonchev–Trinajstić information content (AvgIpc) is 3.06. The van der Waals surface area contributed by atoms with Crippen molar-refractivity contribution in [2.75, 3.05) is 0 Å². The van der Waals surface area contributed by atoms with Gasteiger partial charge in [-0.1, -0.05) is 42.5 Å². The number of para-hydroxylation sites is 1. The molecule has 0 aliphatic heterocycles. The van der Waals surface area contributed by atoms with Crippen LogP contribution in [0.4, 0.5) is 0 Å². The molecule has 6 heteroatoms. The van der Waals surface area contributed by atoms with E-state index in [4.69, 9.17) is 10.6 Å². The zero-order valence-electron chi connectivity index (χ0n) is 13.5. The van der Waals surface area contributed by atoms with Crippen LogP contribution in [0.25, 0.3) is 20.9 Å². The molecule has 0 unspecified atom stereocenters. The first-order valence-electron chi connectivity index (χ1n) is 7.58.